The minimum absolute atomic E-state index is 0.0783. The van der Waals surface area contributed by atoms with Crippen molar-refractivity contribution < 1.29 is 9.59 Å². The molecule has 0 fully saturated rings. The van der Waals surface area contributed by atoms with E-state index in [1.54, 1.807) is 4.90 Å². The molecule has 2 aromatic rings. The fourth-order valence-corrected chi connectivity index (χ4v) is 2.79. The summed E-state index contributed by atoms with van der Waals surface area (Å²) in [5.74, 6) is -0.508. The summed E-state index contributed by atoms with van der Waals surface area (Å²) < 4.78 is 0. The number of amides is 2. The Morgan fingerprint density at radius 2 is 1.84 bits per heavy atom. The Morgan fingerprint density at radius 1 is 1.12 bits per heavy atom. The first-order chi connectivity index (χ1) is 12.1. The van der Waals surface area contributed by atoms with Gasteiger partial charge in [-0.05, 0) is 31.5 Å². The van der Waals surface area contributed by atoms with E-state index in [9.17, 15) is 9.59 Å². The Labute approximate surface area is 146 Å². The summed E-state index contributed by atoms with van der Waals surface area (Å²) >= 11 is 0. The van der Waals surface area contributed by atoms with Crippen molar-refractivity contribution in [3.05, 3.63) is 59.7 Å². The van der Waals surface area contributed by atoms with E-state index in [-0.39, 0.29) is 24.1 Å². The number of anilines is 2. The van der Waals surface area contributed by atoms with E-state index in [0.29, 0.717) is 6.54 Å². The Kier molecular flexibility index (Phi) is 4.79. The fourth-order valence-electron chi connectivity index (χ4n) is 2.79. The molecule has 1 heterocycles. The third-order valence-corrected chi connectivity index (χ3v) is 4.09. The van der Waals surface area contributed by atoms with Crippen molar-refractivity contribution in [3.8, 4) is 0 Å². The van der Waals surface area contributed by atoms with E-state index in [0.717, 1.165) is 22.5 Å². The number of benzene rings is 2. The number of carbonyl (C=O) groups excluding carboxylic acids is 2. The zero-order valence-electron chi connectivity index (χ0n) is 14.2. The van der Waals surface area contributed by atoms with E-state index in [4.69, 9.17) is 0 Å². The fraction of sp³-hybridized carbons (Fsp3) is 0.211. The molecule has 3 rings (SSSR count). The maximum atomic E-state index is 12.5. The van der Waals surface area contributed by atoms with Crippen molar-refractivity contribution in [2.75, 3.05) is 23.3 Å². The first-order valence-corrected chi connectivity index (χ1v) is 8.19. The Bertz CT molecular complexity index is 845. The van der Waals surface area contributed by atoms with E-state index < -0.39 is 0 Å². The van der Waals surface area contributed by atoms with Crippen LogP contribution in [0.15, 0.2) is 53.6 Å². The number of rotatable bonds is 5. The third kappa shape index (κ3) is 3.38. The molecule has 6 nitrogen and oxygen atoms in total. The highest BCUT2D eigenvalue weighted by atomic mass is 16.2. The Balaban J connectivity index is 1.68. The van der Waals surface area contributed by atoms with Gasteiger partial charge in [0.25, 0.3) is 11.8 Å². The molecule has 25 heavy (non-hydrogen) atoms. The molecule has 0 atom stereocenters. The lowest BCUT2D eigenvalue weighted by Gasteiger charge is -2.12. The van der Waals surface area contributed by atoms with Crippen LogP contribution in [0.2, 0.25) is 0 Å². The number of hydrogen-bond donors (Lipinski definition) is 2. The highest BCUT2D eigenvalue weighted by molar-refractivity contribution is 6.54. The Morgan fingerprint density at radius 3 is 2.60 bits per heavy atom. The number of fused-ring (bicyclic) bond motifs is 1. The summed E-state index contributed by atoms with van der Waals surface area (Å²) in [6, 6.07) is 15.2. The molecule has 1 aliphatic rings. The zero-order chi connectivity index (χ0) is 17.8. The van der Waals surface area contributed by atoms with Crippen molar-refractivity contribution in [2.24, 2.45) is 5.10 Å². The van der Waals surface area contributed by atoms with E-state index in [1.165, 1.54) is 0 Å². The molecule has 6 heteroatoms. The van der Waals surface area contributed by atoms with Crippen molar-refractivity contribution in [3.63, 3.8) is 0 Å². The molecule has 2 N–H and O–H groups in total. The second-order valence-corrected chi connectivity index (χ2v) is 5.73. The lowest BCUT2D eigenvalue weighted by Crippen LogP contribution is -2.32. The second kappa shape index (κ2) is 7.17. The number of nitrogens with zero attached hydrogens (tertiary/aromatic N) is 2. The van der Waals surface area contributed by atoms with Crippen molar-refractivity contribution in [1.82, 2.24) is 5.43 Å². The van der Waals surface area contributed by atoms with Gasteiger partial charge in [-0.15, -0.1) is 0 Å². The molecule has 128 valence electrons. The second-order valence-electron chi connectivity index (χ2n) is 5.73. The number of carbonyl (C=O) groups is 2. The van der Waals surface area contributed by atoms with Crippen LogP contribution in [0.4, 0.5) is 11.4 Å². The van der Waals surface area contributed by atoms with Crippen LogP contribution in [0, 0.1) is 6.92 Å². The van der Waals surface area contributed by atoms with Gasteiger partial charge in [-0.2, -0.15) is 5.10 Å². The highest BCUT2D eigenvalue weighted by Gasteiger charge is 2.32. The summed E-state index contributed by atoms with van der Waals surface area (Å²) in [5.41, 5.74) is 6.24. The molecule has 0 spiro atoms. The third-order valence-electron chi connectivity index (χ3n) is 4.09. The van der Waals surface area contributed by atoms with Gasteiger partial charge in [-0.25, -0.2) is 5.43 Å². The molecular weight excluding hydrogens is 316 g/mol. The van der Waals surface area contributed by atoms with Crippen LogP contribution in [0.25, 0.3) is 0 Å². The predicted octanol–water partition coefficient (Wildman–Crippen LogP) is 2.29. The quantitative estimate of drug-likeness (QED) is 0.823. The SMILES string of the molecule is CCN1C(=O)C(=NNC(=O)CNc2ccccc2C)c2ccccc21. The maximum absolute atomic E-state index is 12.5. The molecule has 0 saturated carbocycles. The van der Waals surface area contributed by atoms with E-state index in [1.807, 2.05) is 62.4 Å². The molecule has 2 aromatic carbocycles. The molecule has 0 saturated heterocycles. The number of aryl methyl sites for hydroxylation is 1. The van der Waals surface area contributed by atoms with Gasteiger partial charge in [0.2, 0.25) is 0 Å². The van der Waals surface area contributed by atoms with Crippen LogP contribution in [0.5, 0.6) is 0 Å². The van der Waals surface area contributed by atoms with Gasteiger partial charge >= 0.3 is 0 Å². The van der Waals surface area contributed by atoms with Crippen molar-refractivity contribution in [1.29, 1.82) is 0 Å². The van der Waals surface area contributed by atoms with Crippen LogP contribution in [-0.4, -0.2) is 30.6 Å². The van der Waals surface area contributed by atoms with Gasteiger partial charge in [-0.1, -0.05) is 36.4 Å². The molecule has 0 radical (unpaired) electrons. The van der Waals surface area contributed by atoms with E-state index >= 15 is 0 Å². The largest absolute Gasteiger partial charge is 0.376 e. The smallest absolute Gasteiger partial charge is 0.279 e. The predicted molar refractivity (Wildman–Crippen MR) is 98.8 cm³/mol. The van der Waals surface area contributed by atoms with Crippen molar-refractivity contribution >= 4 is 28.9 Å². The van der Waals surface area contributed by atoms with E-state index in [2.05, 4.69) is 15.8 Å². The molecule has 0 aliphatic carbocycles. The van der Waals surface area contributed by atoms with Gasteiger partial charge in [0.1, 0.15) is 0 Å². The van der Waals surface area contributed by atoms with Gasteiger partial charge in [0.15, 0.2) is 5.71 Å². The lowest BCUT2D eigenvalue weighted by atomic mass is 10.1. The summed E-state index contributed by atoms with van der Waals surface area (Å²) in [7, 11) is 0. The average molecular weight is 336 g/mol. The highest BCUT2D eigenvalue weighted by Crippen LogP contribution is 2.28. The van der Waals surface area contributed by atoms with Gasteiger partial charge < -0.3 is 10.2 Å². The standard InChI is InChI=1S/C19H20N4O2/c1-3-23-16-11-7-5-9-14(16)18(19(23)25)22-21-17(24)12-20-15-10-6-4-8-13(15)2/h4-11,20H,3,12H2,1-2H3,(H,21,24). The number of likely N-dealkylation sites (N-methyl/N-ethyl adjacent to an activating group) is 1. The average Bonchev–Trinajstić information content (AvgIpc) is 2.90. The van der Waals surface area contributed by atoms with Gasteiger partial charge in [0, 0.05) is 17.8 Å². The normalized spacial score (nSPS) is 14.6. The first kappa shape index (κ1) is 16.7. The molecule has 0 aromatic heterocycles. The molecule has 2 amide bonds. The number of hydrogen-bond acceptors (Lipinski definition) is 4. The van der Waals surface area contributed by atoms with Gasteiger partial charge in [-0.3, -0.25) is 9.59 Å². The Hall–Kier alpha value is -3.15. The first-order valence-electron chi connectivity index (χ1n) is 8.19. The minimum Gasteiger partial charge on any atom is -0.376 e. The van der Waals surface area contributed by atoms with Crippen LogP contribution in [-0.2, 0) is 9.59 Å². The van der Waals surface area contributed by atoms with Gasteiger partial charge in [0.05, 0.1) is 12.2 Å². The topological polar surface area (TPSA) is 73.8 Å². The minimum atomic E-state index is -0.309. The molecule has 0 unspecified atom stereocenters. The lowest BCUT2D eigenvalue weighted by molar-refractivity contribution is -0.119. The maximum Gasteiger partial charge on any atom is 0.279 e. The monoisotopic (exact) mass is 336 g/mol. The van der Waals surface area contributed by atoms with Crippen LogP contribution < -0.4 is 15.6 Å². The molecular formula is C19H20N4O2. The number of hydrazone groups is 1. The summed E-state index contributed by atoms with van der Waals surface area (Å²) in [5, 5.41) is 7.13. The van der Waals surface area contributed by atoms with Crippen molar-refractivity contribution in [2.45, 2.75) is 13.8 Å². The van der Waals surface area contributed by atoms with Crippen LogP contribution in [0.3, 0.4) is 0 Å². The zero-order valence-corrected chi connectivity index (χ0v) is 14.2. The molecule has 1 aliphatic heterocycles. The number of para-hydroxylation sites is 2. The summed E-state index contributed by atoms with van der Waals surface area (Å²) in [6.45, 7) is 4.50. The van der Waals surface area contributed by atoms with Crippen LogP contribution >= 0.6 is 0 Å². The number of nitrogens with one attached hydrogen (secondary N) is 2. The molecule has 0 bridgehead atoms. The van der Waals surface area contributed by atoms with Crippen LogP contribution in [0.1, 0.15) is 18.1 Å². The summed E-state index contributed by atoms with van der Waals surface area (Å²) in [4.78, 5) is 26.2. The summed E-state index contributed by atoms with van der Waals surface area (Å²) in [6.07, 6.45) is 0.